The topological polar surface area (TPSA) is 124 Å². The summed E-state index contributed by atoms with van der Waals surface area (Å²) in [4.78, 5) is 43.4. The van der Waals surface area contributed by atoms with Crippen molar-refractivity contribution in [2.45, 2.75) is 30.7 Å². The van der Waals surface area contributed by atoms with Gasteiger partial charge in [0.15, 0.2) is 24.6 Å². The van der Waals surface area contributed by atoms with Gasteiger partial charge in [0, 0.05) is 19.5 Å². The number of benzene rings is 3. The lowest BCUT2D eigenvalue weighted by molar-refractivity contribution is -0.290. The predicted octanol–water partition coefficient (Wildman–Crippen LogP) is 4.08. The van der Waals surface area contributed by atoms with Crippen molar-refractivity contribution in [3.05, 3.63) is 126 Å². The van der Waals surface area contributed by atoms with Crippen molar-refractivity contribution in [3.63, 3.8) is 0 Å². The van der Waals surface area contributed by atoms with Crippen LogP contribution >= 0.6 is 12.2 Å². The number of carbonyl (C=O) groups is 3. The zero-order valence-electron chi connectivity index (χ0n) is 23.5. The summed E-state index contributed by atoms with van der Waals surface area (Å²) in [6.07, 6.45) is -1.75. The molecular weight excluding hydrogens is 588 g/mol. The Morgan fingerprint density at radius 3 is 1.77 bits per heavy atom. The van der Waals surface area contributed by atoms with Crippen molar-refractivity contribution in [3.8, 4) is 0 Å². The molecular formula is C32H28N2O9S. The molecule has 0 spiro atoms. The van der Waals surface area contributed by atoms with Gasteiger partial charge in [0.2, 0.25) is 0 Å². The number of carbonyl (C=O) groups excluding carboxylic acids is 3. The maximum absolute atomic E-state index is 13.4. The van der Waals surface area contributed by atoms with Gasteiger partial charge in [-0.2, -0.15) is 0 Å². The lowest BCUT2D eigenvalue weighted by Gasteiger charge is -2.44. The van der Waals surface area contributed by atoms with Crippen molar-refractivity contribution in [2.75, 3.05) is 13.7 Å². The molecule has 1 saturated heterocycles. The first-order valence-electron chi connectivity index (χ1n) is 13.6. The number of hydrogen-bond acceptors (Lipinski definition) is 11. The molecule has 0 radical (unpaired) electrons. The Hall–Kier alpha value is -4.91. The summed E-state index contributed by atoms with van der Waals surface area (Å²) in [7, 11) is 1.34. The van der Waals surface area contributed by atoms with E-state index in [0.717, 1.165) is 0 Å². The van der Waals surface area contributed by atoms with E-state index in [9.17, 15) is 14.4 Å². The third-order valence-electron chi connectivity index (χ3n) is 6.67. The SMILES string of the molecule is CO[C@H]1O[C@H](COC(=O)c2ccccc2)[C@H](OC(=S)n2ccnc2)[C@H](OC(=O)c2ccccc2)[C@H]1OC(=O)c1ccccc1. The van der Waals surface area contributed by atoms with Crippen LogP contribution in [0.25, 0.3) is 0 Å². The second-order valence-corrected chi connectivity index (χ2v) is 9.88. The van der Waals surface area contributed by atoms with Crippen molar-refractivity contribution in [2.24, 2.45) is 0 Å². The van der Waals surface area contributed by atoms with Crippen LogP contribution in [0.1, 0.15) is 31.1 Å². The highest BCUT2D eigenvalue weighted by molar-refractivity contribution is 7.80. The average Bonchev–Trinajstić information content (AvgIpc) is 3.62. The van der Waals surface area contributed by atoms with E-state index in [-0.39, 0.29) is 22.9 Å². The summed E-state index contributed by atoms with van der Waals surface area (Å²) >= 11 is 5.50. The molecule has 0 unspecified atom stereocenters. The van der Waals surface area contributed by atoms with Crippen molar-refractivity contribution in [1.29, 1.82) is 0 Å². The minimum absolute atomic E-state index is 0.0692. The minimum Gasteiger partial charge on any atom is -0.460 e. The summed E-state index contributed by atoms with van der Waals surface area (Å²) < 4.78 is 36.7. The summed E-state index contributed by atoms with van der Waals surface area (Å²) in [5, 5.41) is -0.0692. The van der Waals surface area contributed by atoms with Crippen molar-refractivity contribution < 1.29 is 42.8 Å². The zero-order valence-corrected chi connectivity index (χ0v) is 24.3. The number of esters is 3. The predicted molar refractivity (Wildman–Crippen MR) is 159 cm³/mol. The minimum atomic E-state index is -1.34. The Balaban J connectivity index is 1.49. The molecule has 0 aliphatic carbocycles. The quantitative estimate of drug-likeness (QED) is 0.153. The highest BCUT2D eigenvalue weighted by atomic mass is 32.1. The number of thiocarbonyl (C=S) groups is 1. The smallest absolute Gasteiger partial charge is 0.338 e. The number of nitrogens with zero attached hydrogens (tertiary/aromatic N) is 2. The normalized spacial score (nSPS) is 21.1. The van der Waals surface area contributed by atoms with E-state index in [0.29, 0.717) is 5.56 Å². The van der Waals surface area contributed by atoms with E-state index in [4.69, 9.17) is 40.6 Å². The molecule has 1 aliphatic rings. The summed E-state index contributed by atoms with van der Waals surface area (Å²) in [5.74, 6) is -2.06. The van der Waals surface area contributed by atoms with Crippen LogP contribution in [-0.2, 0) is 28.4 Å². The molecule has 11 nitrogen and oxygen atoms in total. The molecule has 5 rings (SSSR count). The molecule has 44 heavy (non-hydrogen) atoms. The molecule has 0 bridgehead atoms. The van der Waals surface area contributed by atoms with Gasteiger partial charge in [-0.05, 0) is 48.6 Å². The highest BCUT2D eigenvalue weighted by Gasteiger charge is 2.53. The van der Waals surface area contributed by atoms with Crippen LogP contribution in [0, 0.1) is 0 Å². The fourth-order valence-corrected chi connectivity index (χ4v) is 4.71. The Kier molecular flexibility index (Phi) is 10.1. The van der Waals surface area contributed by atoms with Crippen molar-refractivity contribution >= 4 is 35.3 Å². The first-order chi connectivity index (χ1) is 21.4. The molecule has 4 aromatic rings. The van der Waals surface area contributed by atoms with Gasteiger partial charge >= 0.3 is 17.9 Å². The van der Waals surface area contributed by atoms with Gasteiger partial charge in [-0.1, -0.05) is 54.6 Å². The summed E-state index contributed by atoms with van der Waals surface area (Å²) in [6.45, 7) is -0.344. The Bertz CT molecular complexity index is 1550. The number of methoxy groups -OCH3 is 1. The third-order valence-corrected chi connectivity index (χ3v) is 6.98. The van der Waals surface area contributed by atoms with Gasteiger partial charge in [-0.25, -0.2) is 19.4 Å². The number of imidazole rings is 1. The largest absolute Gasteiger partial charge is 0.460 e. The van der Waals surface area contributed by atoms with Gasteiger partial charge in [-0.3, -0.25) is 4.57 Å². The molecule has 12 heteroatoms. The molecule has 1 aromatic heterocycles. The van der Waals surface area contributed by atoms with E-state index in [1.54, 1.807) is 97.2 Å². The maximum Gasteiger partial charge on any atom is 0.338 e. The second kappa shape index (κ2) is 14.5. The molecule has 3 aromatic carbocycles. The molecule has 0 N–H and O–H groups in total. The number of aromatic nitrogens is 2. The zero-order chi connectivity index (χ0) is 30.9. The van der Waals surface area contributed by atoms with Crippen LogP contribution in [0.5, 0.6) is 0 Å². The van der Waals surface area contributed by atoms with E-state index < -0.39 is 48.6 Å². The third kappa shape index (κ3) is 7.35. The standard InChI is InChI=1S/C32H28N2O9S/c1-38-31-27(42-30(37)23-15-9-4-10-16-23)26(41-29(36)22-13-7-3-8-14-22)25(43-32(44)34-18-17-33-20-34)24(40-31)19-39-28(35)21-11-5-2-6-12-21/h2-18,20,24-27,31H,19H2,1H3/t24-,25+,26+,27-,31+/m1/s1. The van der Waals surface area contributed by atoms with Gasteiger partial charge in [0.05, 0.1) is 16.7 Å². The van der Waals surface area contributed by atoms with Crippen LogP contribution in [0.3, 0.4) is 0 Å². The molecule has 1 fully saturated rings. The number of rotatable bonds is 9. The molecule has 5 atom stereocenters. The van der Waals surface area contributed by atoms with E-state index in [1.165, 1.54) is 24.2 Å². The van der Waals surface area contributed by atoms with Gasteiger partial charge in [0.1, 0.15) is 19.0 Å². The van der Waals surface area contributed by atoms with Gasteiger partial charge < -0.3 is 28.4 Å². The lowest BCUT2D eigenvalue weighted by atomic mass is 9.98. The van der Waals surface area contributed by atoms with Gasteiger partial charge in [-0.15, -0.1) is 0 Å². The average molecular weight is 617 g/mol. The maximum atomic E-state index is 13.4. The molecule has 0 amide bonds. The fraction of sp³-hybridized carbons (Fsp3) is 0.219. The molecule has 1 aliphatic heterocycles. The van der Waals surface area contributed by atoms with Gasteiger partial charge in [0.25, 0.3) is 5.17 Å². The Morgan fingerprint density at radius 1 is 0.750 bits per heavy atom. The van der Waals surface area contributed by atoms with Crippen molar-refractivity contribution in [1.82, 2.24) is 9.55 Å². The van der Waals surface area contributed by atoms with E-state index >= 15 is 0 Å². The van der Waals surface area contributed by atoms with E-state index in [2.05, 4.69) is 4.98 Å². The Labute approximate surface area is 258 Å². The monoisotopic (exact) mass is 616 g/mol. The van der Waals surface area contributed by atoms with Crippen LogP contribution in [-0.4, -0.2) is 77.1 Å². The van der Waals surface area contributed by atoms with Crippen LogP contribution in [0.4, 0.5) is 0 Å². The molecule has 0 saturated carbocycles. The van der Waals surface area contributed by atoms with Crippen LogP contribution < -0.4 is 0 Å². The first kappa shape index (κ1) is 30.5. The molecule has 2 heterocycles. The summed E-state index contributed by atoms with van der Waals surface area (Å²) in [6, 6.07) is 24.9. The highest BCUT2D eigenvalue weighted by Crippen LogP contribution is 2.31. The molecule has 226 valence electrons. The lowest BCUT2D eigenvalue weighted by Crippen LogP contribution is -2.63. The van der Waals surface area contributed by atoms with Crippen LogP contribution in [0.2, 0.25) is 0 Å². The van der Waals surface area contributed by atoms with Crippen LogP contribution in [0.15, 0.2) is 110 Å². The number of ether oxygens (including phenoxy) is 6. The Morgan fingerprint density at radius 2 is 1.27 bits per heavy atom. The number of hydrogen-bond donors (Lipinski definition) is 0. The fourth-order valence-electron chi connectivity index (χ4n) is 4.50. The second-order valence-electron chi connectivity index (χ2n) is 9.53. The van der Waals surface area contributed by atoms with E-state index in [1.807, 2.05) is 0 Å². The summed E-state index contributed by atoms with van der Waals surface area (Å²) in [5.41, 5.74) is 0.810. The first-order valence-corrected chi connectivity index (χ1v) is 14.0.